The molecule has 0 radical (unpaired) electrons. The van der Waals surface area contributed by atoms with E-state index in [0.29, 0.717) is 62.8 Å². The summed E-state index contributed by atoms with van der Waals surface area (Å²) in [6.07, 6.45) is 3.27. The second kappa shape index (κ2) is 11.2. The summed E-state index contributed by atoms with van der Waals surface area (Å²) in [7, 11) is 1.58. The fourth-order valence-corrected chi connectivity index (χ4v) is 7.55. The molecule has 2 aliphatic heterocycles. The highest BCUT2D eigenvalue weighted by molar-refractivity contribution is 5.98. The molecular weight excluding hydrogens is 540 g/mol. The number of benzene rings is 1. The van der Waals surface area contributed by atoms with Crippen LogP contribution in [-0.2, 0) is 35.1 Å². The molecule has 3 amide bonds. The van der Waals surface area contributed by atoms with Crippen LogP contribution in [0.5, 0.6) is 5.75 Å². The second-order valence-corrected chi connectivity index (χ2v) is 12.9. The van der Waals surface area contributed by atoms with Gasteiger partial charge in [0.2, 0.25) is 17.7 Å². The number of carbonyl (C=O) groups is 4. The Morgan fingerprint density at radius 1 is 1.00 bits per heavy atom. The van der Waals surface area contributed by atoms with Crippen molar-refractivity contribution >= 4 is 23.5 Å². The van der Waals surface area contributed by atoms with Crippen LogP contribution >= 0.6 is 0 Å². The summed E-state index contributed by atoms with van der Waals surface area (Å²) < 4.78 is 16.1. The van der Waals surface area contributed by atoms with Crippen LogP contribution in [0.15, 0.2) is 24.3 Å². The van der Waals surface area contributed by atoms with E-state index in [0.717, 1.165) is 5.56 Å². The third kappa shape index (κ3) is 5.66. The Balaban J connectivity index is 1.13. The van der Waals surface area contributed by atoms with Crippen LogP contribution in [-0.4, -0.2) is 98.7 Å². The van der Waals surface area contributed by atoms with Crippen molar-refractivity contribution < 1.29 is 33.4 Å². The number of nitrogens with one attached hydrogen (secondary N) is 3. The summed E-state index contributed by atoms with van der Waals surface area (Å²) in [5.41, 5.74) is 0.162. The Hall–Kier alpha value is -3.02. The Labute approximate surface area is 246 Å². The molecule has 2 heterocycles. The zero-order valence-electron chi connectivity index (χ0n) is 24.6. The number of amides is 3. The zero-order valence-corrected chi connectivity index (χ0v) is 24.6. The van der Waals surface area contributed by atoms with Gasteiger partial charge in [-0.2, -0.15) is 0 Å². The monoisotopic (exact) mass is 582 g/mol. The van der Waals surface area contributed by atoms with Crippen LogP contribution < -0.4 is 20.7 Å². The average Bonchev–Trinajstić information content (AvgIpc) is 3.90. The third-order valence-electron chi connectivity index (χ3n) is 10.2. The normalized spacial score (nSPS) is 32.5. The van der Waals surface area contributed by atoms with E-state index in [-0.39, 0.29) is 30.1 Å². The van der Waals surface area contributed by atoms with E-state index in [1.54, 1.807) is 33.1 Å². The summed E-state index contributed by atoms with van der Waals surface area (Å²) in [5, 5.41) is 8.62. The molecule has 8 atom stereocenters. The van der Waals surface area contributed by atoms with Crippen molar-refractivity contribution in [2.45, 2.75) is 63.3 Å². The number of rotatable bonds is 14. The van der Waals surface area contributed by atoms with Gasteiger partial charge in [0.05, 0.1) is 39.5 Å². The minimum Gasteiger partial charge on any atom is -0.497 e. The van der Waals surface area contributed by atoms with Crippen molar-refractivity contribution in [2.24, 2.45) is 23.2 Å². The van der Waals surface area contributed by atoms with Gasteiger partial charge >= 0.3 is 0 Å². The van der Waals surface area contributed by atoms with E-state index in [1.165, 1.54) is 12.8 Å². The van der Waals surface area contributed by atoms with Crippen molar-refractivity contribution in [1.29, 1.82) is 0 Å². The topological polar surface area (TPSA) is 139 Å². The van der Waals surface area contributed by atoms with Crippen molar-refractivity contribution in [3.8, 4) is 5.75 Å². The minimum absolute atomic E-state index is 0.0968. The van der Waals surface area contributed by atoms with Crippen LogP contribution in [0.4, 0.5) is 0 Å². The summed E-state index contributed by atoms with van der Waals surface area (Å²) in [6.45, 7) is 6.36. The first-order valence-corrected chi connectivity index (χ1v) is 15.2. The largest absolute Gasteiger partial charge is 0.497 e. The summed E-state index contributed by atoms with van der Waals surface area (Å²) in [5.74, 6) is 1.49. The third-order valence-corrected chi connectivity index (χ3v) is 10.2. The molecule has 11 nitrogen and oxygen atoms in total. The number of ketones is 1. The van der Waals surface area contributed by atoms with Gasteiger partial charge in [-0.05, 0) is 74.0 Å². The molecule has 2 saturated heterocycles. The molecule has 3 unspecified atom stereocenters. The van der Waals surface area contributed by atoms with E-state index in [9.17, 15) is 19.2 Å². The summed E-state index contributed by atoms with van der Waals surface area (Å²) >= 11 is 0. The van der Waals surface area contributed by atoms with Gasteiger partial charge < -0.3 is 30.2 Å². The predicted octanol–water partition coefficient (Wildman–Crippen LogP) is 0.448. The number of epoxide rings is 1. The first-order valence-electron chi connectivity index (χ1n) is 15.2. The lowest BCUT2D eigenvalue weighted by Gasteiger charge is -2.27. The molecule has 42 heavy (non-hydrogen) atoms. The lowest BCUT2D eigenvalue weighted by Crippen LogP contribution is -2.57. The van der Waals surface area contributed by atoms with Crippen molar-refractivity contribution in [2.75, 3.05) is 46.6 Å². The standard InChI is InChI=1S/C31H42N4O7/c1-18(32-25(36)16-35-10-12-41-13-11-35)28(38)33-23(14-19-4-6-20(40-3)7-5-19)29(39)34-24(27(37)30(2)17-42-30)15-31-21-8-9-22(31)26(21)31/h4-7,18,21-24,26H,8-17H2,1-3H3,(H,32,36)(H,33,38)(H,34,39)/t18-,21+,22?,23-,24-,26?,30+,31?/m0/s1. The second-order valence-electron chi connectivity index (χ2n) is 12.9. The number of Topliss-reactive ketones (excluding diaryl/α,β-unsaturated/α-hetero) is 1. The fraction of sp³-hybridized carbons (Fsp3) is 0.677. The minimum atomic E-state index is -0.948. The maximum Gasteiger partial charge on any atom is 0.243 e. The van der Waals surface area contributed by atoms with Gasteiger partial charge in [-0.3, -0.25) is 24.1 Å². The van der Waals surface area contributed by atoms with Gasteiger partial charge in [0.1, 0.15) is 23.4 Å². The SMILES string of the molecule is COc1ccc(C[C@H](NC(=O)[C@H](C)NC(=O)CN2CCOCC2)C(=O)N[C@@H](CC23C4CC[C@@H]2C43)C(=O)[C@@]2(C)CO2)cc1. The Kier molecular flexibility index (Phi) is 7.78. The number of morpholine rings is 1. The predicted molar refractivity (Wildman–Crippen MR) is 152 cm³/mol. The van der Waals surface area contributed by atoms with E-state index in [1.807, 2.05) is 17.0 Å². The molecule has 4 saturated carbocycles. The Morgan fingerprint density at radius 2 is 1.64 bits per heavy atom. The van der Waals surface area contributed by atoms with Crippen LogP contribution in [0.3, 0.4) is 0 Å². The number of fused-ring (bicyclic) bond motifs is 1. The molecule has 1 aromatic carbocycles. The van der Waals surface area contributed by atoms with Gasteiger partial charge in [0, 0.05) is 19.5 Å². The highest BCUT2D eigenvalue weighted by Crippen LogP contribution is 2.92. The van der Waals surface area contributed by atoms with Gasteiger partial charge in [0.25, 0.3) is 0 Å². The van der Waals surface area contributed by atoms with Gasteiger partial charge in [0.15, 0.2) is 5.78 Å². The van der Waals surface area contributed by atoms with E-state index in [4.69, 9.17) is 14.2 Å². The number of carbonyl (C=O) groups excluding carboxylic acids is 4. The van der Waals surface area contributed by atoms with E-state index < -0.39 is 35.5 Å². The van der Waals surface area contributed by atoms with Crippen LogP contribution in [0.25, 0.3) is 0 Å². The first-order chi connectivity index (χ1) is 20.1. The number of hydrogen-bond acceptors (Lipinski definition) is 8. The zero-order chi connectivity index (χ0) is 29.6. The number of methoxy groups -OCH3 is 1. The molecule has 4 aliphatic carbocycles. The molecule has 228 valence electrons. The molecule has 11 heteroatoms. The number of nitrogens with zero attached hydrogens (tertiary/aromatic N) is 1. The Morgan fingerprint density at radius 3 is 2.24 bits per heavy atom. The van der Waals surface area contributed by atoms with E-state index in [2.05, 4.69) is 16.0 Å². The lowest BCUT2D eigenvalue weighted by atomic mass is 9.90. The maximum atomic E-state index is 13.8. The number of hydrogen-bond donors (Lipinski definition) is 3. The molecule has 3 N–H and O–H groups in total. The quantitative estimate of drug-likeness (QED) is 0.269. The molecule has 0 aromatic heterocycles. The maximum absolute atomic E-state index is 13.8. The highest BCUT2D eigenvalue weighted by atomic mass is 16.6. The molecule has 1 aromatic rings. The molecule has 6 aliphatic rings. The van der Waals surface area contributed by atoms with Crippen molar-refractivity contribution in [3.05, 3.63) is 29.8 Å². The van der Waals surface area contributed by atoms with Crippen molar-refractivity contribution in [3.63, 3.8) is 0 Å². The molecule has 6 fully saturated rings. The van der Waals surface area contributed by atoms with Crippen LogP contribution in [0, 0.1) is 23.2 Å². The van der Waals surface area contributed by atoms with Crippen molar-refractivity contribution in [1.82, 2.24) is 20.9 Å². The highest BCUT2D eigenvalue weighted by Gasteiger charge is 2.88. The molecule has 7 rings (SSSR count). The molecule has 0 spiro atoms. The van der Waals surface area contributed by atoms with Gasteiger partial charge in [-0.1, -0.05) is 12.1 Å². The Bertz CT molecular complexity index is 1200. The van der Waals surface area contributed by atoms with Gasteiger partial charge in [-0.25, -0.2) is 0 Å². The average molecular weight is 583 g/mol. The molecular formula is C31H42N4O7. The smallest absolute Gasteiger partial charge is 0.243 e. The summed E-state index contributed by atoms with van der Waals surface area (Å²) in [4.78, 5) is 55.1. The fourth-order valence-electron chi connectivity index (χ4n) is 7.55. The number of ether oxygens (including phenoxy) is 3. The molecule has 2 bridgehead atoms. The lowest BCUT2D eigenvalue weighted by molar-refractivity contribution is -0.134. The van der Waals surface area contributed by atoms with Crippen LogP contribution in [0.1, 0.15) is 38.7 Å². The first kappa shape index (κ1) is 29.1. The van der Waals surface area contributed by atoms with Crippen LogP contribution in [0.2, 0.25) is 0 Å². The van der Waals surface area contributed by atoms with Gasteiger partial charge in [-0.15, -0.1) is 0 Å². The summed E-state index contributed by atoms with van der Waals surface area (Å²) in [6, 6.07) is 4.82. The van der Waals surface area contributed by atoms with E-state index >= 15 is 0 Å².